The first kappa shape index (κ1) is 17.6. The molecular formula is C21H19ClN2O3. The highest BCUT2D eigenvalue weighted by Gasteiger charge is 2.29. The topological polar surface area (TPSA) is 84.8 Å². The predicted molar refractivity (Wildman–Crippen MR) is 107 cm³/mol. The molecule has 0 unspecified atom stereocenters. The van der Waals surface area contributed by atoms with E-state index in [1.54, 1.807) is 18.3 Å². The van der Waals surface area contributed by atoms with Gasteiger partial charge in [-0.15, -0.1) is 0 Å². The van der Waals surface area contributed by atoms with Crippen LogP contribution in [-0.2, 0) is 0 Å². The second-order valence-electron chi connectivity index (χ2n) is 7.16. The van der Waals surface area contributed by atoms with E-state index in [0.717, 1.165) is 46.2 Å². The Labute approximate surface area is 161 Å². The summed E-state index contributed by atoms with van der Waals surface area (Å²) in [5, 5.41) is 9.95. The maximum Gasteiger partial charge on any atom is 0.341 e. The molecule has 1 aromatic carbocycles. The van der Waals surface area contributed by atoms with E-state index in [1.165, 1.54) is 4.40 Å². The van der Waals surface area contributed by atoms with E-state index >= 15 is 0 Å². The number of hydrogen-bond donors (Lipinski definition) is 2. The first-order chi connectivity index (χ1) is 12.8. The Morgan fingerprint density at radius 3 is 2.56 bits per heavy atom. The van der Waals surface area contributed by atoms with E-state index < -0.39 is 11.5 Å². The van der Waals surface area contributed by atoms with Crippen LogP contribution in [0.5, 0.6) is 0 Å². The van der Waals surface area contributed by atoms with Crippen LogP contribution in [0.25, 0.3) is 16.6 Å². The molecule has 2 aromatic heterocycles. The Hall–Kier alpha value is -2.79. The molecule has 0 aliphatic heterocycles. The Balaban J connectivity index is 2.07. The molecule has 0 radical (unpaired) electrons. The van der Waals surface area contributed by atoms with E-state index in [0.29, 0.717) is 10.7 Å². The van der Waals surface area contributed by atoms with Crippen molar-refractivity contribution in [3.05, 3.63) is 68.1 Å². The van der Waals surface area contributed by atoms with E-state index in [2.05, 4.69) is 0 Å². The molecule has 5 nitrogen and oxygen atoms in total. The lowest BCUT2D eigenvalue weighted by atomic mass is 9.95. The normalized spacial score (nSPS) is 13.9. The first-order valence-corrected chi connectivity index (χ1v) is 9.15. The Bertz CT molecular complexity index is 1180. The van der Waals surface area contributed by atoms with Crippen LogP contribution in [0.4, 0.5) is 5.69 Å². The van der Waals surface area contributed by atoms with Crippen LogP contribution < -0.4 is 11.3 Å². The highest BCUT2D eigenvalue weighted by Crippen LogP contribution is 2.44. The molecule has 1 aliphatic carbocycles. The molecule has 1 fully saturated rings. The van der Waals surface area contributed by atoms with Crippen molar-refractivity contribution in [3.8, 4) is 11.1 Å². The fourth-order valence-corrected chi connectivity index (χ4v) is 3.92. The zero-order chi connectivity index (χ0) is 19.5. The molecule has 0 amide bonds. The number of carboxylic acid groups (broad SMARTS) is 1. The van der Waals surface area contributed by atoms with Gasteiger partial charge in [0.25, 0.3) is 5.56 Å². The van der Waals surface area contributed by atoms with Gasteiger partial charge in [-0.1, -0.05) is 11.6 Å². The van der Waals surface area contributed by atoms with Crippen molar-refractivity contribution < 1.29 is 9.90 Å². The minimum absolute atomic E-state index is 0.192. The number of benzene rings is 1. The molecule has 1 aliphatic rings. The second-order valence-corrected chi connectivity index (χ2v) is 7.57. The van der Waals surface area contributed by atoms with Crippen molar-refractivity contribution in [3.63, 3.8) is 0 Å². The summed E-state index contributed by atoms with van der Waals surface area (Å²) in [5.41, 5.74) is 11.1. The summed E-state index contributed by atoms with van der Waals surface area (Å²) in [6.07, 6.45) is 3.64. The average Bonchev–Trinajstić information content (AvgIpc) is 3.44. The third-order valence-corrected chi connectivity index (χ3v) is 5.62. The summed E-state index contributed by atoms with van der Waals surface area (Å²) in [7, 11) is 0. The summed E-state index contributed by atoms with van der Waals surface area (Å²) in [4.78, 5) is 24.2. The number of nitrogens with two attached hydrogens (primary N) is 1. The van der Waals surface area contributed by atoms with Gasteiger partial charge in [0.05, 0.1) is 10.5 Å². The number of fused-ring (bicyclic) bond motifs is 1. The van der Waals surface area contributed by atoms with Gasteiger partial charge in [-0.2, -0.15) is 0 Å². The van der Waals surface area contributed by atoms with E-state index in [1.807, 2.05) is 26.0 Å². The number of nitrogen functional groups attached to an aromatic ring is 1. The van der Waals surface area contributed by atoms with Gasteiger partial charge >= 0.3 is 5.97 Å². The van der Waals surface area contributed by atoms with Crippen LogP contribution >= 0.6 is 11.6 Å². The number of carboxylic acids is 1. The lowest BCUT2D eigenvalue weighted by Crippen LogP contribution is -2.23. The van der Waals surface area contributed by atoms with Gasteiger partial charge < -0.3 is 10.8 Å². The van der Waals surface area contributed by atoms with Crippen molar-refractivity contribution in [2.45, 2.75) is 32.6 Å². The number of nitrogens with zero attached hydrogens (tertiary/aromatic N) is 1. The van der Waals surface area contributed by atoms with Gasteiger partial charge in [0.1, 0.15) is 5.56 Å². The number of rotatable bonds is 3. The van der Waals surface area contributed by atoms with Crippen molar-refractivity contribution in [1.82, 2.24) is 4.40 Å². The van der Waals surface area contributed by atoms with E-state index in [-0.39, 0.29) is 11.5 Å². The monoisotopic (exact) mass is 382 g/mol. The third kappa shape index (κ3) is 2.79. The number of carbonyl (C=O) groups is 1. The number of aryl methyl sites for hydroxylation is 2. The number of aromatic carboxylic acids is 1. The Kier molecular flexibility index (Phi) is 4.00. The number of hydrogen-bond acceptors (Lipinski definition) is 3. The fraction of sp³-hybridized carbons (Fsp3) is 0.238. The third-order valence-electron chi connectivity index (χ3n) is 5.31. The molecule has 27 heavy (non-hydrogen) atoms. The van der Waals surface area contributed by atoms with Crippen LogP contribution in [0.3, 0.4) is 0 Å². The summed E-state index contributed by atoms with van der Waals surface area (Å²) in [5.74, 6) is -0.911. The van der Waals surface area contributed by atoms with Crippen molar-refractivity contribution >= 4 is 28.8 Å². The summed E-state index contributed by atoms with van der Waals surface area (Å²) in [6.45, 7) is 3.86. The largest absolute Gasteiger partial charge is 0.477 e. The molecule has 138 valence electrons. The van der Waals surface area contributed by atoms with Crippen LogP contribution in [0, 0.1) is 13.8 Å². The quantitative estimate of drug-likeness (QED) is 0.658. The van der Waals surface area contributed by atoms with E-state index in [9.17, 15) is 14.7 Å². The number of pyridine rings is 2. The lowest BCUT2D eigenvalue weighted by Gasteiger charge is -2.17. The maximum absolute atomic E-state index is 12.7. The molecule has 6 heteroatoms. The molecule has 3 aromatic rings. The Morgan fingerprint density at radius 1 is 1.22 bits per heavy atom. The summed E-state index contributed by atoms with van der Waals surface area (Å²) >= 11 is 6.45. The minimum atomic E-state index is -1.20. The van der Waals surface area contributed by atoms with Crippen LogP contribution in [0.1, 0.15) is 45.8 Å². The van der Waals surface area contributed by atoms with Crippen molar-refractivity contribution in [2.75, 3.05) is 5.73 Å². The van der Waals surface area contributed by atoms with Crippen LogP contribution in [0.2, 0.25) is 5.02 Å². The first-order valence-electron chi connectivity index (χ1n) is 8.77. The molecule has 3 N–H and O–H groups in total. The predicted octanol–water partition coefficient (Wildman–Crippen LogP) is 4.39. The Morgan fingerprint density at radius 2 is 1.93 bits per heavy atom. The van der Waals surface area contributed by atoms with Gasteiger partial charge in [0.2, 0.25) is 0 Å². The minimum Gasteiger partial charge on any atom is -0.477 e. The fourth-order valence-electron chi connectivity index (χ4n) is 3.65. The van der Waals surface area contributed by atoms with Gasteiger partial charge in [0, 0.05) is 17.4 Å². The van der Waals surface area contributed by atoms with Crippen LogP contribution in [0.15, 0.2) is 35.3 Å². The van der Waals surface area contributed by atoms with Crippen molar-refractivity contribution in [1.29, 1.82) is 0 Å². The maximum atomic E-state index is 12.7. The summed E-state index contributed by atoms with van der Waals surface area (Å²) in [6, 6.07) is 7.03. The molecule has 2 heterocycles. The smallest absolute Gasteiger partial charge is 0.341 e. The molecular weight excluding hydrogens is 364 g/mol. The average molecular weight is 383 g/mol. The van der Waals surface area contributed by atoms with Gasteiger partial charge in [-0.3, -0.25) is 9.20 Å². The molecule has 0 atom stereocenters. The van der Waals surface area contributed by atoms with Gasteiger partial charge in [0.15, 0.2) is 0 Å². The molecule has 0 spiro atoms. The highest BCUT2D eigenvalue weighted by molar-refractivity contribution is 6.33. The number of halogens is 1. The highest BCUT2D eigenvalue weighted by atomic mass is 35.5. The summed E-state index contributed by atoms with van der Waals surface area (Å²) < 4.78 is 1.45. The molecule has 0 bridgehead atoms. The second kappa shape index (κ2) is 6.13. The molecule has 1 saturated carbocycles. The van der Waals surface area contributed by atoms with Crippen LogP contribution in [-0.4, -0.2) is 15.5 Å². The zero-order valence-corrected chi connectivity index (χ0v) is 15.8. The molecule has 4 rings (SSSR count). The standard InChI is InChI=1S/C21H19ClN2O3/c1-10-7-15(17(22)9-18(10)23)13-5-6-24-19(11(13)2)14(12-3-4-12)8-16(20(24)25)21(26)27/h5-9,12H,3-4,23H2,1-2H3,(H,26,27). The van der Waals surface area contributed by atoms with Crippen molar-refractivity contribution in [2.24, 2.45) is 0 Å². The number of anilines is 1. The molecule has 0 saturated heterocycles. The zero-order valence-electron chi connectivity index (χ0n) is 15.0. The lowest BCUT2D eigenvalue weighted by molar-refractivity contribution is 0.0694. The van der Waals surface area contributed by atoms with Gasteiger partial charge in [-0.25, -0.2) is 4.79 Å². The van der Waals surface area contributed by atoms with Gasteiger partial charge in [-0.05, 0) is 79.1 Å². The number of aromatic nitrogens is 1. The van der Waals surface area contributed by atoms with E-state index in [4.69, 9.17) is 17.3 Å². The SMILES string of the molecule is Cc1cc(-c2ccn3c(=O)c(C(=O)O)cc(C4CC4)c3c2C)c(Cl)cc1N.